The molecule has 2 unspecified atom stereocenters. The van der Waals surface area contributed by atoms with Crippen LogP contribution in [-0.4, -0.2) is 31.0 Å². The fraction of sp³-hybridized carbons (Fsp3) is 0.500. The van der Waals surface area contributed by atoms with Gasteiger partial charge in [0.05, 0.1) is 13.2 Å². The first-order valence-electron chi connectivity index (χ1n) is 6.22. The largest absolute Gasteiger partial charge is 0.464 e. The quantitative estimate of drug-likeness (QED) is 0.655. The molecule has 0 aliphatic carbocycles. The van der Waals surface area contributed by atoms with E-state index < -0.39 is 5.25 Å². The monoisotopic (exact) mass is 266 g/mol. The number of esters is 1. The molecule has 1 heterocycles. The summed E-state index contributed by atoms with van der Waals surface area (Å²) in [4.78, 5) is 11.8. The number of hydrogen-bond acceptors (Lipinski definition) is 4. The number of carbonyl (C=O) groups is 1. The minimum absolute atomic E-state index is 0.242. The minimum Gasteiger partial charge on any atom is -0.464 e. The summed E-state index contributed by atoms with van der Waals surface area (Å²) in [5.74, 6) is 0.111. The summed E-state index contributed by atoms with van der Waals surface area (Å²) in [6, 6.07) is 9.84. The number of benzene rings is 1. The van der Waals surface area contributed by atoms with Gasteiger partial charge in [0.15, 0.2) is 0 Å². The van der Waals surface area contributed by atoms with Crippen molar-refractivity contribution in [3.63, 3.8) is 0 Å². The number of carbonyl (C=O) groups excluding carboxylic acids is 1. The molecule has 1 aliphatic heterocycles. The van der Waals surface area contributed by atoms with E-state index in [1.54, 1.807) is 0 Å². The van der Waals surface area contributed by atoms with Gasteiger partial charge in [-0.3, -0.25) is 4.79 Å². The Morgan fingerprint density at radius 1 is 1.44 bits per heavy atom. The lowest BCUT2D eigenvalue weighted by atomic mass is 10.1. The lowest BCUT2D eigenvalue weighted by Crippen LogP contribution is -2.23. The Morgan fingerprint density at radius 3 is 2.89 bits per heavy atom. The third-order valence-corrected chi connectivity index (χ3v) is 3.42. The van der Waals surface area contributed by atoms with Crippen molar-refractivity contribution in [2.75, 3.05) is 19.8 Å². The molecule has 3 nitrogen and oxygen atoms in total. The van der Waals surface area contributed by atoms with Crippen molar-refractivity contribution in [3.8, 4) is 0 Å². The maximum Gasteiger partial charge on any atom is 0.319 e. The van der Waals surface area contributed by atoms with Crippen molar-refractivity contribution in [1.29, 1.82) is 0 Å². The van der Waals surface area contributed by atoms with E-state index in [1.165, 1.54) is 0 Å². The Morgan fingerprint density at radius 2 is 2.22 bits per heavy atom. The molecule has 0 spiro atoms. The van der Waals surface area contributed by atoms with Gasteiger partial charge in [-0.25, -0.2) is 0 Å². The van der Waals surface area contributed by atoms with E-state index >= 15 is 0 Å². The molecule has 4 heteroatoms. The molecule has 18 heavy (non-hydrogen) atoms. The molecule has 0 radical (unpaired) electrons. The van der Waals surface area contributed by atoms with E-state index in [4.69, 9.17) is 9.47 Å². The highest BCUT2D eigenvalue weighted by molar-refractivity contribution is 7.81. The highest BCUT2D eigenvalue weighted by Gasteiger charge is 2.21. The lowest BCUT2D eigenvalue weighted by Gasteiger charge is -2.13. The summed E-state index contributed by atoms with van der Waals surface area (Å²) in [7, 11) is 0. The summed E-state index contributed by atoms with van der Waals surface area (Å²) in [6.07, 6.45) is 1.58. The highest BCUT2D eigenvalue weighted by Crippen LogP contribution is 2.14. The van der Waals surface area contributed by atoms with Crippen LogP contribution in [0.4, 0.5) is 0 Å². The van der Waals surface area contributed by atoms with Gasteiger partial charge in [0.2, 0.25) is 0 Å². The highest BCUT2D eigenvalue weighted by atomic mass is 32.1. The fourth-order valence-corrected chi connectivity index (χ4v) is 2.22. The molecule has 1 aromatic rings. The SMILES string of the molecule is O=C(OCC1CCOC1)C(S)Cc1ccccc1. The maximum absolute atomic E-state index is 11.8. The summed E-state index contributed by atoms with van der Waals surface area (Å²) in [5, 5.41) is -0.394. The molecule has 2 rings (SSSR count). The Kier molecular flexibility index (Phi) is 5.08. The molecular formula is C14H18O3S. The molecule has 98 valence electrons. The number of ether oxygens (including phenoxy) is 2. The van der Waals surface area contributed by atoms with Crippen LogP contribution in [0.5, 0.6) is 0 Å². The second-order valence-corrected chi connectivity index (χ2v) is 5.19. The average Bonchev–Trinajstić information content (AvgIpc) is 2.90. The van der Waals surface area contributed by atoms with Gasteiger partial charge in [0, 0.05) is 12.5 Å². The smallest absolute Gasteiger partial charge is 0.319 e. The van der Waals surface area contributed by atoms with Crippen LogP contribution in [-0.2, 0) is 20.7 Å². The van der Waals surface area contributed by atoms with Gasteiger partial charge in [0.1, 0.15) is 5.25 Å². The molecule has 1 aliphatic rings. The van der Waals surface area contributed by atoms with Gasteiger partial charge in [-0.05, 0) is 18.4 Å². The molecule has 0 aromatic heterocycles. The van der Waals surface area contributed by atoms with Crippen molar-refractivity contribution in [1.82, 2.24) is 0 Å². The molecule has 1 saturated heterocycles. The zero-order valence-corrected chi connectivity index (χ0v) is 11.1. The maximum atomic E-state index is 11.8. The Balaban J connectivity index is 1.74. The van der Waals surface area contributed by atoms with Crippen molar-refractivity contribution >= 4 is 18.6 Å². The van der Waals surface area contributed by atoms with E-state index in [9.17, 15) is 4.79 Å². The zero-order valence-electron chi connectivity index (χ0n) is 10.2. The standard InChI is InChI=1S/C14H18O3S/c15-14(17-10-12-6-7-16-9-12)13(18)8-11-4-2-1-3-5-11/h1-5,12-13,18H,6-10H2. The number of hydrogen-bond donors (Lipinski definition) is 1. The Labute approximate surface area is 113 Å². The normalized spacial score (nSPS) is 20.6. The van der Waals surface area contributed by atoms with Crippen LogP contribution in [0.1, 0.15) is 12.0 Å². The van der Waals surface area contributed by atoms with Crippen molar-refractivity contribution in [2.24, 2.45) is 5.92 Å². The lowest BCUT2D eigenvalue weighted by molar-refractivity contribution is -0.144. The molecule has 0 saturated carbocycles. The van der Waals surface area contributed by atoms with Gasteiger partial charge < -0.3 is 9.47 Å². The third-order valence-electron chi connectivity index (χ3n) is 3.03. The topological polar surface area (TPSA) is 35.5 Å². The van der Waals surface area contributed by atoms with Gasteiger partial charge in [0.25, 0.3) is 0 Å². The fourth-order valence-electron chi connectivity index (χ4n) is 1.93. The second-order valence-electron chi connectivity index (χ2n) is 4.57. The van der Waals surface area contributed by atoms with E-state index in [0.717, 1.165) is 18.6 Å². The van der Waals surface area contributed by atoms with Crippen LogP contribution in [0.15, 0.2) is 30.3 Å². The molecule has 0 bridgehead atoms. The molecule has 1 fully saturated rings. The Bertz CT molecular complexity index is 374. The van der Waals surface area contributed by atoms with Gasteiger partial charge >= 0.3 is 5.97 Å². The van der Waals surface area contributed by atoms with Crippen LogP contribution >= 0.6 is 12.6 Å². The molecule has 0 N–H and O–H groups in total. The summed E-state index contributed by atoms with van der Waals surface area (Å²) < 4.78 is 10.5. The van der Waals surface area contributed by atoms with Crippen LogP contribution < -0.4 is 0 Å². The number of rotatable bonds is 5. The van der Waals surface area contributed by atoms with Gasteiger partial charge in [-0.2, -0.15) is 12.6 Å². The van der Waals surface area contributed by atoms with Crippen LogP contribution in [0.25, 0.3) is 0 Å². The van der Waals surface area contributed by atoms with Crippen molar-refractivity contribution in [3.05, 3.63) is 35.9 Å². The predicted octanol–water partition coefficient (Wildman–Crippen LogP) is 2.11. The first kappa shape index (κ1) is 13.4. The molecule has 1 aromatic carbocycles. The predicted molar refractivity (Wildman–Crippen MR) is 72.8 cm³/mol. The summed E-state index contributed by atoms with van der Waals surface area (Å²) in [6.45, 7) is 1.92. The van der Waals surface area contributed by atoms with Crippen LogP contribution in [0.2, 0.25) is 0 Å². The molecular weight excluding hydrogens is 248 g/mol. The number of thiol groups is 1. The van der Waals surface area contributed by atoms with E-state index in [2.05, 4.69) is 12.6 Å². The third kappa shape index (κ3) is 4.03. The first-order chi connectivity index (χ1) is 8.75. The van der Waals surface area contributed by atoms with E-state index in [-0.39, 0.29) is 5.97 Å². The van der Waals surface area contributed by atoms with E-state index in [0.29, 0.717) is 25.6 Å². The zero-order chi connectivity index (χ0) is 12.8. The summed E-state index contributed by atoms with van der Waals surface area (Å²) in [5.41, 5.74) is 1.10. The summed E-state index contributed by atoms with van der Waals surface area (Å²) >= 11 is 4.31. The van der Waals surface area contributed by atoms with Crippen LogP contribution in [0.3, 0.4) is 0 Å². The van der Waals surface area contributed by atoms with Crippen molar-refractivity contribution < 1.29 is 14.3 Å². The molecule has 0 amide bonds. The van der Waals surface area contributed by atoms with Gasteiger partial charge in [-0.15, -0.1) is 0 Å². The van der Waals surface area contributed by atoms with Crippen LogP contribution in [0, 0.1) is 5.92 Å². The Hall–Kier alpha value is -1.00. The average molecular weight is 266 g/mol. The first-order valence-corrected chi connectivity index (χ1v) is 6.73. The molecule has 2 atom stereocenters. The van der Waals surface area contributed by atoms with E-state index in [1.807, 2.05) is 30.3 Å². The minimum atomic E-state index is -0.394. The van der Waals surface area contributed by atoms with Gasteiger partial charge in [-0.1, -0.05) is 30.3 Å². The second kappa shape index (κ2) is 6.81. The van der Waals surface area contributed by atoms with Crippen molar-refractivity contribution in [2.45, 2.75) is 18.1 Å².